The Morgan fingerprint density at radius 1 is 1.06 bits per heavy atom. The van der Waals surface area contributed by atoms with Crippen LogP contribution in [0.1, 0.15) is 12.8 Å². The summed E-state index contributed by atoms with van der Waals surface area (Å²) >= 11 is 0. The van der Waals surface area contributed by atoms with Gasteiger partial charge in [-0.15, -0.1) is 0 Å². The number of hydrogen-bond acceptors (Lipinski definition) is 6. The number of hydrogen-bond donors (Lipinski definition) is 6. The zero-order valence-corrected chi connectivity index (χ0v) is 8.98. The topological polar surface area (TPSA) is 121 Å². The summed E-state index contributed by atoms with van der Waals surface area (Å²) in [7, 11) is 0. The molecule has 0 bridgehead atoms. The predicted molar refractivity (Wildman–Crippen MR) is 54.4 cm³/mol. The van der Waals surface area contributed by atoms with Crippen molar-refractivity contribution in [1.82, 2.24) is 0 Å². The summed E-state index contributed by atoms with van der Waals surface area (Å²) in [6, 6.07) is 0. The Morgan fingerprint density at radius 2 is 1.69 bits per heavy atom. The summed E-state index contributed by atoms with van der Waals surface area (Å²) in [4.78, 5) is 0. The maximum absolute atomic E-state index is 9.65. The fraction of sp³-hybridized carbons (Fsp3) is 1.00. The summed E-state index contributed by atoms with van der Waals surface area (Å²) in [5.74, 6) is -0.903. The lowest BCUT2D eigenvalue weighted by atomic mass is 9.72. The Hall–Kier alpha value is -0.240. The second kappa shape index (κ2) is 5.90. The van der Waals surface area contributed by atoms with Gasteiger partial charge in [0.15, 0.2) is 0 Å². The van der Waals surface area contributed by atoms with E-state index in [1.54, 1.807) is 0 Å². The molecule has 6 nitrogen and oxygen atoms in total. The van der Waals surface area contributed by atoms with Crippen LogP contribution in [0.5, 0.6) is 0 Å². The Labute approximate surface area is 93.8 Å². The standard InChI is InChI=1S/C10H20O6/c11-3-6(13)1-5-2-8(14)10(16)9(15)7(5)4-12/h5-16H,1-4H2. The highest BCUT2D eigenvalue weighted by atomic mass is 16.4. The molecule has 1 saturated carbocycles. The highest BCUT2D eigenvalue weighted by Crippen LogP contribution is 2.33. The highest BCUT2D eigenvalue weighted by Gasteiger charge is 2.42. The fourth-order valence-corrected chi connectivity index (χ4v) is 2.34. The van der Waals surface area contributed by atoms with Crippen LogP contribution in [0, 0.1) is 11.8 Å². The summed E-state index contributed by atoms with van der Waals surface area (Å²) in [5, 5.41) is 55.7. The van der Waals surface area contributed by atoms with Crippen molar-refractivity contribution in [3.63, 3.8) is 0 Å². The molecule has 1 aliphatic carbocycles. The average molecular weight is 236 g/mol. The molecule has 0 spiro atoms. The van der Waals surface area contributed by atoms with Gasteiger partial charge >= 0.3 is 0 Å². The molecule has 6 N–H and O–H groups in total. The fourth-order valence-electron chi connectivity index (χ4n) is 2.34. The van der Waals surface area contributed by atoms with Crippen LogP contribution in [0.3, 0.4) is 0 Å². The Bertz CT molecular complexity index is 209. The first kappa shape index (κ1) is 13.8. The lowest BCUT2D eigenvalue weighted by Gasteiger charge is -2.40. The summed E-state index contributed by atoms with van der Waals surface area (Å²) in [6.45, 7) is -0.725. The largest absolute Gasteiger partial charge is 0.396 e. The molecule has 6 atom stereocenters. The van der Waals surface area contributed by atoms with Crippen molar-refractivity contribution in [2.45, 2.75) is 37.3 Å². The van der Waals surface area contributed by atoms with Crippen LogP contribution >= 0.6 is 0 Å². The first-order valence-electron chi connectivity index (χ1n) is 5.45. The quantitative estimate of drug-likeness (QED) is 0.319. The molecule has 6 heteroatoms. The molecule has 0 aromatic heterocycles. The van der Waals surface area contributed by atoms with Crippen molar-refractivity contribution in [3.8, 4) is 0 Å². The highest BCUT2D eigenvalue weighted by molar-refractivity contribution is 4.92. The number of rotatable bonds is 4. The van der Waals surface area contributed by atoms with Gasteiger partial charge in [-0.2, -0.15) is 0 Å². The van der Waals surface area contributed by atoms with Crippen LogP contribution in [0.15, 0.2) is 0 Å². The van der Waals surface area contributed by atoms with Gasteiger partial charge in [0.2, 0.25) is 0 Å². The molecule has 6 unspecified atom stereocenters. The first-order chi connectivity index (χ1) is 7.51. The average Bonchev–Trinajstić information content (AvgIpc) is 2.26. The number of aliphatic hydroxyl groups excluding tert-OH is 6. The maximum Gasteiger partial charge on any atom is 0.106 e. The number of aliphatic hydroxyl groups is 6. The molecular formula is C10H20O6. The lowest BCUT2D eigenvalue weighted by Crippen LogP contribution is -2.52. The summed E-state index contributed by atoms with van der Waals surface area (Å²) in [5.41, 5.74) is 0. The normalized spacial score (nSPS) is 42.0. The molecule has 1 fully saturated rings. The molecule has 0 aromatic carbocycles. The van der Waals surface area contributed by atoms with Crippen LogP contribution < -0.4 is 0 Å². The van der Waals surface area contributed by atoms with Gasteiger partial charge in [0.25, 0.3) is 0 Å². The van der Waals surface area contributed by atoms with E-state index in [-0.39, 0.29) is 25.4 Å². The zero-order valence-electron chi connectivity index (χ0n) is 8.98. The lowest BCUT2D eigenvalue weighted by molar-refractivity contribution is -0.144. The molecule has 1 rings (SSSR count). The van der Waals surface area contributed by atoms with Gasteiger partial charge in [0.1, 0.15) is 6.10 Å². The smallest absolute Gasteiger partial charge is 0.106 e. The molecule has 0 heterocycles. The summed E-state index contributed by atoms with van der Waals surface area (Å²) in [6.07, 6.45) is -4.09. The molecule has 16 heavy (non-hydrogen) atoms. The minimum atomic E-state index is -1.26. The van der Waals surface area contributed by atoms with E-state index in [0.717, 1.165) is 0 Å². The molecule has 0 aromatic rings. The van der Waals surface area contributed by atoms with Crippen LogP contribution in [-0.4, -0.2) is 68.3 Å². The molecule has 0 aliphatic heterocycles. The van der Waals surface area contributed by atoms with Crippen molar-refractivity contribution in [2.24, 2.45) is 11.8 Å². The third kappa shape index (κ3) is 2.91. The second-order valence-electron chi connectivity index (χ2n) is 4.46. The monoisotopic (exact) mass is 236 g/mol. The van der Waals surface area contributed by atoms with Gasteiger partial charge in [-0.1, -0.05) is 0 Å². The van der Waals surface area contributed by atoms with E-state index in [4.69, 9.17) is 10.2 Å². The van der Waals surface area contributed by atoms with E-state index >= 15 is 0 Å². The van der Waals surface area contributed by atoms with Crippen molar-refractivity contribution in [3.05, 3.63) is 0 Å². The van der Waals surface area contributed by atoms with Crippen molar-refractivity contribution in [2.75, 3.05) is 13.2 Å². The Morgan fingerprint density at radius 3 is 2.19 bits per heavy atom. The second-order valence-corrected chi connectivity index (χ2v) is 4.46. The van der Waals surface area contributed by atoms with Gasteiger partial charge in [-0.3, -0.25) is 0 Å². The maximum atomic E-state index is 9.65. The van der Waals surface area contributed by atoms with Crippen LogP contribution in [0.25, 0.3) is 0 Å². The minimum absolute atomic E-state index is 0.183. The first-order valence-corrected chi connectivity index (χ1v) is 5.45. The Kier molecular flexibility index (Phi) is 5.10. The molecule has 96 valence electrons. The third-order valence-corrected chi connectivity index (χ3v) is 3.33. The predicted octanol–water partition coefficient (Wildman–Crippen LogP) is -2.56. The molecule has 0 saturated heterocycles. The van der Waals surface area contributed by atoms with Crippen molar-refractivity contribution in [1.29, 1.82) is 0 Å². The van der Waals surface area contributed by atoms with Gasteiger partial charge in [-0.05, 0) is 18.8 Å². The zero-order chi connectivity index (χ0) is 12.3. The van der Waals surface area contributed by atoms with E-state index in [9.17, 15) is 20.4 Å². The van der Waals surface area contributed by atoms with E-state index in [1.165, 1.54) is 0 Å². The van der Waals surface area contributed by atoms with Crippen LogP contribution in [-0.2, 0) is 0 Å². The summed E-state index contributed by atoms with van der Waals surface area (Å²) < 4.78 is 0. The molecule has 1 aliphatic rings. The van der Waals surface area contributed by atoms with E-state index < -0.39 is 36.9 Å². The van der Waals surface area contributed by atoms with Gasteiger partial charge in [0, 0.05) is 12.5 Å². The molecule has 0 radical (unpaired) electrons. The van der Waals surface area contributed by atoms with E-state index in [2.05, 4.69) is 0 Å². The van der Waals surface area contributed by atoms with Gasteiger partial charge in [-0.25, -0.2) is 0 Å². The van der Waals surface area contributed by atoms with E-state index in [0.29, 0.717) is 0 Å². The third-order valence-electron chi connectivity index (χ3n) is 3.33. The van der Waals surface area contributed by atoms with Gasteiger partial charge in [0.05, 0.1) is 24.9 Å². The van der Waals surface area contributed by atoms with Crippen molar-refractivity contribution >= 4 is 0 Å². The molecule has 0 amide bonds. The molecular weight excluding hydrogens is 216 g/mol. The minimum Gasteiger partial charge on any atom is -0.396 e. The Balaban J connectivity index is 2.67. The SMILES string of the molecule is OCC(O)CC1CC(O)C(O)C(O)C1CO. The van der Waals surface area contributed by atoms with E-state index in [1.807, 2.05) is 0 Å². The van der Waals surface area contributed by atoms with Crippen LogP contribution in [0.4, 0.5) is 0 Å². The van der Waals surface area contributed by atoms with Crippen LogP contribution in [0.2, 0.25) is 0 Å². The van der Waals surface area contributed by atoms with Gasteiger partial charge < -0.3 is 30.6 Å². The van der Waals surface area contributed by atoms with Crippen molar-refractivity contribution < 1.29 is 30.6 Å².